The number of benzene rings is 4. The maximum absolute atomic E-state index is 15.2. The molecule has 2 aliphatic carbocycles. The van der Waals surface area contributed by atoms with Crippen molar-refractivity contribution in [3.63, 3.8) is 0 Å². The van der Waals surface area contributed by atoms with Gasteiger partial charge in [0.15, 0.2) is 18.0 Å². The molecule has 5 heterocycles. The molecule has 358 valence electrons. The number of carbonyl (C=O) groups excluding carboxylic acids is 3. The van der Waals surface area contributed by atoms with Crippen LogP contribution in [0.2, 0.25) is 0 Å². The van der Waals surface area contributed by atoms with Gasteiger partial charge in [-0.25, -0.2) is 9.59 Å². The molecule has 2 saturated carbocycles. The van der Waals surface area contributed by atoms with E-state index in [1.165, 1.54) is 0 Å². The van der Waals surface area contributed by atoms with Crippen LogP contribution in [-0.4, -0.2) is 96.1 Å². The number of hydrogen-bond donors (Lipinski definition) is 1. The zero-order valence-corrected chi connectivity index (χ0v) is 38.6. The lowest BCUT2D eigenvalue weighted by atomic mass is 9.51. The molecule has 0 bridgehead atoms. The normalized spacial score (nSPS) is 38.7. The van der Waals surface area contributed by atoms with Crippen LogP contribution < -0.4 is 0 Å². The lowest BCUT2D eigenvalue weighted by Gasteiger charge is -2.51. The van der Waals surface area contributed by atoms with E-state index in [4.69, 9.17) is 47.4 Å². The van der Waals surface area contributed by atoms with Crippen molar-refractivity contribution in [1.29, 1.82) is 0 Å². The highest BCUT2D eigenvalue weighted by Crippen LogP contribution is 2.85. The molecule has 4 aromatic carbocycles. The lowest BCUT2D eigenvalue weighted by molar-refractivity contribution is -0.369. The first-order valence-corrected chi connectivity index (χ1v) is 23.7. The summed E-state index contributed by atoms with van der Waals surface area (Å²) in [6.07, 6.45) is -9.77. The van der Waals surface area contributed by atoms with E-state index in [0.29, 0.717) is 6.42 Å². The SMILES string of the molecule is C[C@@H]1C(=O)O[C@H]2C[C@@]34[C@@H]5C[C@@H](C(C)(C)C)C36[C@H](OC(=O)[C@@H]6O)O[C@]4(C(=O)O5)[C@]21O[C@@H]1O[C@H](COCc2ccccc2)[C@@H](OCc2ccccc2)[C@H](OCc2ccccc2)[C@H]1OCc1ccccc1. The Hall–Kier alpha value is -5.03. The van der Waals surface area contributed by atoms with Crippen LogP contribution in [0.1, 0.15) is 62.8 Å². The smallest absolute Gasteiger partial charge is 0.342 e. The highest BCUT2D eigenvalue weighted by molar-refractivity contribution is 5.93. The van der Waals surface area contributed by atoms with Gasteiger partial charge in [-0.3, -0.25) is 4.79 Å². The van der Waals surface area contributed by atoms with Crippen LogP contribution in [0.25, 0.3) is 0 Å². The fourth-order valence-electron chi connectivity index (χ4n) is 13.3. The predicted octanol–water partition coefficient (Wildman–Crippen LogP) is 6.38. The van der Waals surface area contributed by atoms with E-state index in [2.05, 4.69) is 0 Å². The number of aliphatic hydroxyl groups is 1. The van der Waals surface area contributed by atoms with Gasteiger partial charge in [0.25, 0.3) is 0 Å². The molecular weight excluding hydrogens is 873 g/mol. The zero-order chi connectivity index (χ0) is 47.1. The van der Waals surface area contributed by atoms with Gasteiger partial charge in [-0.2, -0.15) is 0 Å². The Balaban J connectivity index is 1.04. The maximum Gasteiger partial charge on any atom is 0.342 e. The van der Waals surface area contributed by atoms with Crippen molar-refractivity contribution in [3.05, 3.63) is 144 Å². The summed E-state index contributed by atoms with van der Waals surface area (Å²) in [5.41, 5.74) is -3.86. The highest BCUT2D eigenvalue weighted by Gasteiger charge is 3.02. The van der Waals surface area contributed by atoms with Crippen LogP contribution in [0.15, 0.2) is 121 Å². The number of fused-ring (bicyclic) bond motifs is 1. The number of rotatable bonds is 15. The Morgan fingerprint density at radius 2 is 1.18 bits per heavy atom. The first kappa shape index (κ1) is 45.4. The Labute approximate surface area is 395 Å². The fourth-order valence-corrected chi connectivity index (χ4v) is 13.3. The van der Waals surface area contributed by atoms with Gasteiger partial charge in [0.2, 0.25) is 11.9 Å². The third kappa shape index (κ3) is 6.62. The first-order valence-electron chi connectivity index (χ1n) is 23.7. The second-order valence-corrected chi connectivity index (χ2v) is 20.5. The highest BCUT2D eigenvalue weighted by atomic mass is 16.8. The average Bonchev–Trinajstić information content (AvgIpc) is 4.07. The van der Waals surface area contributed by atoms with Gasteiger partial charge in [0.1, 0.15) is 36.6 Å². The van der Waals surface area contributed by atoms with E-state index in [0.717, 1.165) is 22.3 Å². The summed E-state index contributed by atoms with van der Waals surface area (Å²) in [6.45, 7) is 8.46. The topological polar surface area (TPSA) is 164 Å². The molecule has 0 aromatic heterocycles. The average molecular weight is 931 g/mol. The molecule has 2 spiro atoms. The minimum atomic E-state index is -2.11. The van der Waals surface area contributed by atoms with Crippen LogP contribution in [0.4, 0.5) is 0 Å². The van der Waals surface area contributed by atoms with Gasteiger partial charge < -0.3 is 52.5 Å². The Bertz CT molecular complexity index is 2490. The van der Waals surface area contributed by atoms with E-state index >= 15 is 4.79 Å². The fraction of sp³-hybridized carbons (Fsp3) is 0.500. The number of carbonyl (C=O) groups is 3. The summed E-state index contributed by atoms with van der Waals surface area (Å²) in [7, 11) is 0. The summed E-state index contributed by atoms with van der Waals surface area (Å²) in [5, 5.41) is 12.2. The van der Waals surface area contributed by atoms with Crippen molar-refractivity contribution in [2.75, 3.05) is 6.61 Å². The lowest BCUT2D eigenvalue weighted by Crippen LogP contribution is -2.71. The summed E-state index contributed by atoms with van der Waals surface area (Å²) in [6, 6.07) is 39.0. The molecule has 4 aromatic rings. The van der Waals surface area contributed by atoms with Crippen LogP contribution in [-0.2, 0) is 88.2 Å². The number of ether oxygens (including phenoxy) is 10. The number of aliphatic hydroxyl groups excluding tert-OH is 1. The quantitative estimate of drug-likeness (QED) is 0.103. The second-order valence-electron chi connectivity index (χ2n) is 20.5. The summed E-state index contributed by atoms with van der Waals surface area (Å²) in [5.74, 6) is -3.82. The maximum atomic E-state index is 15.2. The van der Waals surface area contributed by atoms with Crippen LogP contribution in [0, 0.1) is 28.1 Å². The van der Waals surface area contributed by atoms with E-state index in [9.17, 15) is 14.7 Å². The Morgan fingerprint density at radius 3 is 1.74 bits per heavy atom. The molecule has 11 rings (SSSR count). The molecule has 15 atom stereocenters. The van der Waals surface area contributed by atoms with Gasteiger partial charge in [-0.15, -0.1) is 0 Å². The summed E-state index contributed by atoms with van der Waals surface area (Å²) in [4.78, 5) is 43.1. The number of esters is 3. The monoisotopic (exact) mass is 930 g/mol. The van der Waals surface area contributed by atoms with E-state index in [-0.39, 0.29) is 39.5 Å². The molecule has 5 saturated heterocycles. The minimum absolute atomic E-state index is 0.0150. The molecule has 14 heteroatoms. The zero-order valence-electron chi connectivity index (χ0n) is 38.6. The van der Waals surface area contributed by atoms with E-state index in [1.54, 1.807) is 6.92 Å². The van der Waals surface area contributed by atoms with Gasteiger partial charge >= 0.3 is 17.9 Å². The van der Waals surface area contributed by atoms with Crippen molar-refractivity contribution < 1.29 is 66.9 Å². The van der Waals surface area contributed by atoms with E-state index < -0.39 is 112 Å². The van der Waals surface area contributed by atoms with Crippen molar-refractivity contribution in [3.8, 4) is 0 Å². The second kappa shape index (κ2) is 17.1. The van der Waals surface area contributed by atoms with Crippen LogP contribution >= 0.6 is 0 Å². The molecule has 7 fully saturated rings. The van der Waals surface area contributed by atoms with Crippen molar-refractivity contribution >= 4 is 17.9 Å². The summed E-state index contributed by atoms with van der Waals surface area (Å²) < 4.78 is 67.8. The minimum Gasteiger partial charge on any atom is -0.459 e. The van der Waals surface area contributed by atoms with E-state index in [1.807, 2.05) is 142 Å². The third-order valence-electron chi connectivity index (χ3n) is 16.1. The molecule has 68 heavy (non-hydrogen) atoms. The van der Waals surface area contributed by atoms with Crippen molar-refractivity contribution in [2.45, 2.75) is 133 Å². The number of hydrogen-bond acceptors (Lipinski definition) is 14. The predicted molar refractivity (Wildman–Crippen MR) is 239 cm³/mol. The Kier molecular flexibility index (Phi) is 11.4. The van der Waals surface area contributed by atoms with Gasteiger partial charge in [0, 0.05) is 6.42 Å². The molecule has 1 unspecified atom stereocenters. The van der Waals surface area contributed by atoms with Crippen LogP contribution in [0.3, 0.4) is 0 Å². The van der Waals surface area contributed by atoms with Crippen molar-refractivity contribution in [1.82, 2.24) is 0 Å². The molecule has 5 aliphatic heterocycles. The molecule has 0 radical (unpaired) electrons. The molecule has 1 N–H and O–H groups in total. The van der Waals surface area contributed by atoms with Gasteiger partial charge in [0.05, 0.1) is 49.8 Å². The Morgan fingerprint density at radius 1 is 0.647 bits per heavy atom. The van der Waals surface area contributed by atoms with Gasteiger partial charge in [-0.1, -0.05) is 142 Å². The molecule has 7 aliphatic rings. The first-order chi connectivity index (χ1) is 32.8. The molecule has 0 amide bonds. The summed E-state index contributed by atoms with van der Waals surface area (Å²) >= 11 is 0. The largest absolute Gasteiger partial charge is 0.459 e. The van der Waals surface area contributed by atoms with Crippen LogP contribution in [0.5, 0.6) is 0 Å². The third-order valence-corrected chi connectivity index (χ3v) is 16.1. The standard InChI is InChI=1S/C54H58O14/c1-32-45(56)64-40-26-51-39-25-38(50(2,3)4)52(51)44(55)46(57)66-49(52)68-54(51,48(58)65-39)53(32,40)67-47-43(62-30-36-23-15-8-16-24-36)42(61-29-35-21-13-7-14-22-35)41(60-28-34-19-11-6-12-20-34)37(63-47)31-59-27-33-17-9-5-10-18-33/h5-24,32,37-44,47,49,55H,25-31H2,1-4H3/t32-,37-,38+,39+,40+,41-,42+,43-,44+,47+,49-,51-,52?,53-,54+/m1/s1. The van der Waals surface area contributed by atoms with Crippen molar-refractivity contribution in [2.24, 2.45) is 28.1 Å². The molecular formula is C54H58O14. The van der Waals surface area contributed by atoms with Gasteiger partial charge in [-0.05, 0) is 46.9 Å². The molecule has 14 nitrogen and oxygen atoms in total.